The molecule has 1 atom stereocenters. The van der Waals surface area contributed by atoms with Crippen LogP contribution in [-0.4, -0.2) is 45.3 Å². The van der Waals surface area contributed by atoms with E-state index in [-0.39, 0.29) is 23.9 Å². The fourth-order valence-corrected chi connectivity index (χ4v) is 2.84. The van der Waals surface area contributed by atoms with E-state index in [0.29, 0.717) is 37.2 Å². The molecule has 7 heteroatoms. The number of nitrogens with zero attached hydrogens (tertiary/aromatic N) is 4. The molecule has 0 unspecified atom stereocenters. The highest BCUT2D eigenvalue weighted by Gasteiger charge is 2.34. The molecule has 2 aromatic heterocycles. The van der Waals surface area contributed by atoms with Gasteiger partial charge in [-0.25, -0.2) is 0 Å². The molecular formula is C17H24N4O3. The Labute approximate surface area is 141 Å². The first kappa shape index (κ1) is 16.7. The average Bonchev–Trinajstić information content (AvgIpc) is 3.23. The summed E-state index contributed by atoms with van der Waals surface area (Å²) in [5, 5.41) is 8.21. The molecule has 3 rings (SSSR count). The van der Waals surface area contributed by atoms with Crippen molar-refractivity contribution in [3.05, 3.63) is 35.8 Å². The maximum atomic E-state index is 13.1. The molecule has 0 aromatic carbocycles. The zero-order valence-corrected chi connectivity index (χ0v) is 14.6. The fourth-order valence-electron chi connectivity index (χ4n) is 2.84. The third kappa shape index (κ3) is 3.08. The van der Waals surface area contributed by atoms with E-state index in [1.54, 1.807) is 4.90 Å². The van der Waals surface area contributed by atoms with Gasteiger partial charge in [0.25, 0.3) is 5.91 Å². The lowest BCUT2D eigenvalue weighted by atomic mass is 10.2. The quantitative estimate of drug-likeness (QED) is 0.861. The maximum Gasteiger partial charge on any atom is 0.271 e. The summed E-state index contributed by atoms with van der Waals surface area (Å²) >= 11 is 0. The van der Waals surface area contributed by atoms with Gasteiger partial charge < -0.3 is 18.6 Å². The first-order valence-corrected chi connectivity index (χ1v) is 8.38. The van der Waals surface area contributed by atoms with E-state index < -0.39 is 0 Å². The van der Waals surface area contributed by atoms with Gasteiger partial charge >= 0.3 is 0 Å². The molecule has 130 valence electrons. The lowest BCUT2D eigenvalue weighted by Gasteiger charge is -2.33. The van der Waals surface area contributed by atoms with Gasteiger partial charge in [-0.3, -0.25) is 4.79 Å². The third-order valence-corrected chi connectivity index (χ3v) is 4.18. The van der Waals surface area contributed by atoms with Crippen molar-refractivity contribution in [2.24, 2.45) is 0 Å². The van der Waals surface area contributed by atoms with Crippen molar-refractivity contribution in [3.8, 4) is 0 Å². The van der Waals surface area contributed by atoms with E-state index >= 15 is 0 Å². The first-order valence-electron chi connectivity index (χ1n) is 8.38. The molecule has 0 radical (unpaired) electrons. The number of ether oxygens (including phenoxy) is 1. The molecule has 1 saturated heterocycles. The van der Waals surface area contributed by atoms with Gasteiger partial charge in [0.2, 0.25) is 11.8 Å². The molecule has 0 N–H and O–H groups in total. The molecule has 1 aliphatic heterocycles. The lowest BCUT2D eigenvalue weighted by Crippen LogP contribution is -2.44. The van der Waals surface area contributed by atoms with Crippen molar-refractivity contribution in [1.82, 2.24) is 19.7 Å². The summed E-state index contributed by atoms with van der Waals surface area (Å²) in [5.41, 5.74) is 0.667. The van der Waals surface area contributed by atoms with Gasteiger partial charge in [0.15, 0.2) is 0 Å². The molecular weight excluding hydrogens is 308 g/mol. The van der Waals surface area contributed by atoms with E-state index in [0.717, 1.165) is 0 Å². The van der Waals surface area contributed by atoms with E-state index in [9.17, 15) is 4.79 Å². The summed E-state index contributed by atoms with van der Waals surface area (Å²) in [6, 6.07) is 3.62. The van der Waals surface area contributed by atoms with E-state index in [2.05, 4.69) is 24.0 Å². The summed E-state index contributed by atoms with van der Waals surface area (Å²) < 4.78 is 13.3. The summed E-state index contributed by atoms with van der Waals surface area (Å²) in [4.78, 5) is 14.8. The van der Waals surface area contributed by atoms with E-state index in [4.69, 9.17) is 9.15 Å². The molecule has 0 spiro atoms. The second kappa shape index (κ2) is 6.76. The predicted octanol–water partition coefficient (Wildman–Crippen LogP) is 2.79. The van der Waals surface area contributed by atoms with E-state index in [1.807, 2.05) is 36.7 Å². The SMILES string of the molecule is CC(C)c1nnc([C@H]2COCCN2C(=O)c2cccn2C(C)C)o1. The summed E-state index contributed by atoms with van der Waals surface area (Å²) in [6.45, 7) is 9.48. The number of amides is 1. The second-order valence-corrected chi connectivity index (χ2v) is 6.62. The second-order valence-electron chi connectivity index (χ2n) is 6.62. The minimum Gasteiger partial charge on any atom is -0.423 e. The van der Waals surface area contributed by atoms with Crippen molar-refractivity contribution < 1.29 is 13.9 Å². The zero-order chi connectivity index (χ0) is 17.3. The molecule has 2 aromatic rings. The monoisotopic (exact) mass is 332 g/mol. The Hall–Kier alpha value is -2.15. The lowest BCUT2D eigenvalue weighted by molar-refractivity contribution is -0.0113. The summed E-state index contributed by atoms with van der Waals surface area (Å²) in [7, 11) is 0. The Morgan fingerprint density at radius 2 is 2.08 bits per heavy atom. The van der Waals surface area contributed by atoms with Crippen LogP contribution < -0.4 is 0 Å². The summed E-state index contributed by atoms with van der Waals surface area (Å²) in [5.74, 6) is 1.13. The van der Waals surface area contributed by atoms with Crippen LogP contribution in [0.3, 0.4) is 0 Å². The molecule has 1 amide bonds. The van der Waals surface area contributed by atoms with Crippen molar-refractivity contribution in [1.29, 1.82) is 0 Å². The Morgan fingerprint density at radius 3 is 2.75 bits per heavy atom. The standard InChI is InChI=1S/C17H24N4O3/c1-11(2)15-18-19-16(24-15)14-10-23-9-8-21(14)17(22)13-6-5-7-20(13)12(3)4/h5-7,11-12,14H,8-10H2,1-4H3/t14-/m1/s1. The average molecular weight is 332 g/mol. The molecule has 0 bridgehead atoms. The van der Waals surface area contributed by atoms with Crippen LogP contribution in [0.2, 0.25) is 0 Å². The van der Waals surface area contributed by atoms with Crippen LogP contribution in [-0.2, 0) is 4.74 Å². The largest absolute Gasteiger partial charge is 0.423 e. The summed E-state index contributed by atoms with van der Waals surface area (Å²) in [6.07, 6.45) is 1.93. The smallest absolute Gasteiger partial charge is 0.271 e. The molecule has 1 fully saturated rings. The first-order chi connectivity index (χ1) is 11.5. The Morgan fingerprint density at radius 1 is 1.29 bits per heavy atom. The Bertz CT molecular complexity index is 704. The molecule has 0 aliphatic carbocycles. The van der Waals surface area contributed by atoms with Crippen molar-refractivity contribution in [2.75, 3.05) is 19.8 Å². The third-order valence-electron chi connectivity index (χ3n) is 4.18. The number of carbonyl (C=O) groups excluding carboxylic acids is 1. The molecule has 3 heterocycles. The van der Waals surface area contributed by atoms with Crippen molar-refractivity contribution in [3.63, 3.8) is 0 Å². The fraction of sp³-hybridized carbons (Fsp3) is 0.588. The van der Waals surface area contributed by atoms with Gasteiger partial charge in [0, 0.05) is 24.7 Å². The molecule has 7 nitrogen and oxygen atoms in total. The minimum atomic E-state index is -0.346. The molecule has 24 heavy (non-hydrogen) atoms. The highest BCUT2D eigenvalue weighted by Crippen LogP contribution is 2.27. The number of carbonyl (C=O) groups is 1. The topological polar surface area (TPSA) is 73.4 Å². The highest BCUT2D eigenvalue weighted by atomic mass is 16.5. The van der Waals surface area contributed by atoms with Gasteiger partial charge in [-0.15, -0.1) is 10.2 Å². The number of aromatic nitrogens is 3. The van der Waals surface area contributed by atoms with Crippen LogP contribution in [0.25, 0.3) is 0 Å². The van der Waals surface area contributed by atoms with Crippen molar-refractivity contribution in [2.45, 2.75) is 45.7 Å². The van der Waals surface area contributed by atoms with Gasteiger partial charge in [-0.2, -0.15) is 0 Å². The van der Waals surface area contributed by atoms with Gasteiger partial charge in [0.1, 0.15) is 11.7 Å². The Balaban J connectivity index is 1.88. The number of rotatable bonds is 4. The van der Waals surface area contributed by atoms with Crippen LogP contribution in [0.1, 0.15) is 68.0 Å². The molecule has 1 aliphatic rings. The molecule has 0 saturated carbocycles. The van der Waals surface area contributed by atoms with Gasteiger partial charge in [0.05, 0.1) is 13.2 Å². The highest BCUT2D eigenvalue weighted by molar-refractivity contribution is 5.93. The van der Waals surface area contributed by atoms with Crippen LogP contribution in [0.5, 0.6) is 0 Å². The van der Waals surface area contributed by atoms with Crippen LogP contribution in [0.4, 0.5) is 0 Å². The number of morpholine rings is 1. The van der Waals surface area contributed by atoms with Crippen LogP contribution >= 0.6 is 0 Å². The number of hydrogen-bond donors (Lipinski definition) is 0. The van der Waals surface area contributed by atoms with E-state index in [1.165, 1.54) is 0 Å². The van der Waals surface area contributed by atoms with Gasteiger partial charge in [-0.05, 0) is 26.0 Å². The number of hydrogen-bond acceptors (Lipinski definition) is 5. The normalized spacial score (nSPS) is 18.6. The minimum absolute atomic E-state index is 0.0358. The van der Waals surface area contributed by atoms with Crippen LogP contribution in [0.15, 0.2) is 22.7 Å². The zero-order valence-electron chi connectivity index (χ0n) is 14.6. The van der Waals surface area contributed by atoms with Crippen LogP contribution in [0, 0.1) is 0 Å². The van der Waals surface area contributed by atoms with Gasteiger partial charge in [-0.1, -0.05) is 13.8 Å². The Kier molecular flexibility index (Phi) is 4.71. The predicted molar refractivity (Wildman–Crippen MR) is 87.8 cm³/mol. The van der Waals surface area contributed by atoms with Crippen molar-refractivity contribution >= 4 is 5.91 Å². The maximum absolute atomic E-state index is 13.1.